The number of halogens is 3. The minimum absolute atomic E-state index is 0.00542. The third-order valence-electron chi connectivity index (χ3n) is 3.36. The topological polar surface area (TPSA) is 58.6 Å². The van der Waals surface area contributed by atoms with Gasteiger partial charge in [0.25, 0.3) is 5.91 Å². The minimum Gasteiger partial charge on any atom is -0.444 e. The number of rotatable bonds is 2. The van der Waals surface area contributed by atoms with Crippen LogP contribution in [0.5, 0.6) is 0 Å². The standard InChI is InChI=1S/C16H19F3N2O3/c1-15(2,3)24-14(23)20-12-6-5-10(16(17,18)19)9-11(12)13(22)21-7-4-8-21/h5-6,9H,4,7-8H2,1-3H3,(H,20,23). The Morgan fingerprint density at radius 1 is 1.17 bits per heavy atom. The Hall–Kier alpha value is -2.25. The minimum atomic E-state index is -4.57. The second-order valence-electron chi connectivity index (χ2n) is 6.53. The summed E-state index contributed by atoms with van der Waals surface area (Å²) in [7, 11) is 0. The van der Waals surface area contributed by atoms with Crippen LogP contribution in [-0.2, 0) is 10.9 Å². The quantitative estimate of drug-likeness (QED) is 0.885. The largest absolute Gasteiger partial charge is 0.444 e. The third kappa shape index (κ3) is 4.39. The number of amides is 2. The Morgan fingerprint density at radius 3 is 2.25 bits per heavy atom. The molecule has 0 aliphatic carbocycles. The molecule has 1 aromatic rings. The highest BCUT2D eigenvalue weighted by atomic mass is 19.4. The number of anilines is 1. The van der Waals surface area contributed by atoms with Crippen LogP contribution in [0.15, 0.2) is 18.2 Å². The maximum absolute atomic E-state index is 12.9. The summed E-state index contributed by atoms with van der Waals surface area (Å²) in [4.78, 5) is 25.6. The van der Waals surface area contributed by atoms with Crippen molar-refractivity contribution in [2.24, 2.45) is 0 Å². The Labute approximate surface area is 137 Å². The van der Waals surface area contributed by atoms with Gasteiger partial charge in [0.1, 0.15) is 5.60 Å². The molecule has 1 heterocycles. The number of nitrogens with one attached hydrogen (secondary N) is 1. The van der Waals surface area contributed by atoms with Crippen molar-refractivity contribution < 1.29 is 27.5 Å². The van der Waals surface area contributed by atoms with Gasteiger partial charge in [0.15, 0.2) is 0 Å². The summed E-state index contributed by atoms with van der Waals surface area (Å²) in [6.07, 6.45) is -4.60. The van der Waals surface area contributed by atoms with Crippen LogP contribution >= 0.6 is 0 Å². The number of likely N-dealkylation sites (tertiary alicyclic amines) is 1. The van der Waals surface area contributed by atoms with Gasteiger partial charge in [-0.3, -0.25) is 10.1 Å². The lowest BCUT2D eigenvalue weighted by molar-refractivity contribution is -0.137. The molecule has 5 nitrogen and oxygen atoms in total. The molecule has 0 unspecified atom stereocenters. The van der Waals surface area contributed by atoms with E-state index >= 15 is 0 Å². The number of hydrogen-bond donors (Lipinski definition) is 1. The lowest BCUT2D eigenvalue weighted by Gasteiger charge is -2.31. The van der Waals surface area contributed by atoms with E-state index in [0.29, 0.717) is 13.1 Å². The average Bonchev–Trinajstić information content (AvgIpc) is 2.33. The summed E-state index contributed by atoms with van der Waals surface area (Å²) < 4.78 is 43.8. The molecule has 132 valence electrons. The summed E-state index contributed by atoms with van der Waals surface area (Å²) in [5, 5.41) is 2.35. The van der Waals surface area contributed by atoms with Crippen molar-refractivity contribution in [3.05, 3.63) is 29.3 Å². The predicted molar refractivity (Wildman–Crippen MR) is 81.8 cm³/mol. The first kappa shape index (κ1) is 18.1. The summed E-state index contributed by atoms with van der Waals surface area (Å²) in [5.74, 6) is -0.543. The van der Waals surface area contributed by atoms with E-state index in [-0.39, 0.29) is 11.3 Å². The SMILES string of the molecule is CC(C)(C)OC(=O)Nc1ccc(C(F)(F)F)cc1C(=O)N1CCC1. The molecular formula is C16H19F3N2O3. The van der Waals surface area contributed by atoms with Gasteiger partial charge < -0.3 is 9.64 Å². The van der Waals surface area contributed by atoms with Crippen LogP contribution in [0.1, 0.15) is 43.1 Å². The van der Waals surface area contributed by atoms with Gasteiger partial charge in [0.05, 0.1) is 16.8 Å². The molecule has 1 saturated heterocycles. The molecule has 0 bridgehead atoms. The fourth-order valence-electron chi connectivity index (χ4n) is 2.11. The zero-order valence-electron chi connectivity index (χ0n) is 13.7. The van der Waals surface area contributed by atoms with E-state index in [1.54, 1.807) is 20.8 Å². The van der Waals surface area contributed by atoms with E-state index in [1.165, 1.54) is 4.90 Å². The van der Waals surface area contributed by atoms with Crippen molar-refractivity contribution in [2.45, 2.75) is 39.0 Å². The molecule has 1 aliphatic rings. The van der Waals surface area contributed by atoms with Crippen LogP contribution in [-0.4, -0.2) is 35.6 Å². The van der Waals surface area contributed by atoms with Crippen molar-refractivity contribution in [1.82, 2.24) is 4.90 Å². The van der Waals surface area contributed by atoms with Crippen molar-refractivity contribution in [1.29, 1.82) is 0 Å². The molecule has 2 rings (SSSR count). The van der Waals surface area contributed by atoms with E-state index in [2.05, 4.69) is 5.32 Å². The van der Waals surface area contributed by atoms with Crippen LogP contribution in [0.4, 0.5) is 23.7 Å². The number of hydrogen-bond acceptors (Lipinski definition) is 3. The van der Waals surface area contributed by atoms with Crippen LogP contribution in [0, 0.1) is 0 Å². The molecular weight excluding hydrogens is 325 g/mol. The van der Waals surface area contributed by atoms with E-state index in [0.717, 1.165) is 24.6 Å². The van der Waals surface area contributed by atoms with Gasteiger partial charge in [0, 0.05) is 13.1 Å². The molecule has 1 fully saturated rings. The molecule has 1 aliphatic heterocycles. The second kappa shape index (κ2) is 6.33. The van der Waals surface area contributed by atoms with E-state index in [9.17, 15) is 22.8 Å². The monoisotopic (exact) mass is 344 g/mol. The number of nitrogens with zero attached hydrogens (tertiary/aromatic N) is 1. The highest BCUT2D eigenvalue weighted by Gasteiger charge is 2.33. The lowest BCUT2D eigenvalue weighted by atomic mass is 10.0. The van der Waals surface area contributed by atoms with Crippen molar-refractivity contribution >= 4 is 17.7 Å². The van der Waals surface area contributed by atoms with Crippen LogP contribution in [0.2, 0.25) is 0 Å². The summed E-state index contributed by atoms with van der Waals surface area (Å²) >= 11 is 0. The van der Waals surface area contributed by atoms with E-state index in [4.69, 9.17) is 4.74 Å². The fraction of sp³-hybridized carbons (Fsp3) is 0.500. The smallest absolute Gasteiger partial charge is 0.416 e. The molecule has 0 radical (unpaired) electrons. The molecule has 1 N–H and O–H groups in total. The van der Waals surface area contributed by atoms with Gasteiger partial charge in [-0.1, -0.05) is 0 Å². The van der Waals surface area contributed by atoms with Gasteiger partial charge in [-0.25, -0.2) is 4.79 Å². The Kier molecular flexibility index (Phi) is 4.77. The van der Waals surface area contributed by atoms with Gasteiger partial charge in [-0.15, -0.1) is 0 Å². The fourth-order valence-corrected chi connectivity index (χ4v) is 2.11. The molecule has 0 aromatic heterocycles. The normalized spacial score (nSPS) is 14.8. The van der Waals surface area contributed by atoms with Crippen LogP contribution < -0.4 is 5.32 Å². The van der Waals surface area contributed by atoms with Crippen molar-refractivity contribution in [3.8, 4) is 0 Å². The van der Waals surface area contributed by atoms with Crippen LogP contribution in [0.25, 0.3) is 0 Å². The van der Waals surface area contributed by atoms with Gasteiger partial charge in [-0.2, -0.15) is 13.2 Å². The van der Waals surface area contributed by atoms with Gasteiger partial charge in [-0.05, 0) is 45.4 Å². The second-order valence-corrected chi connectivity index (χ2v) is 6.53. The maximum Gasteiger partial charge on any atom is 0.416 e. The first-order valence-corrected chi connectivity index (χ1v) is 7.48. The summed E-state index contributed by atoms with van der Waals surface area (Å²) in [5.41, 5.74) is -1.91. The molecule has 0 spiro atoms. The Morgan fingerprint density at radius 2 is 1.79 bits per heavy atom. The summed E-state index contributed by atoms with van der Waals surface area (Å²) in [6, 6.07) is 2.65. The highest BCUT2D eigenvalue weighted by Crippen LogP contribution is 2.33. The lowest BCUT2D eigenvalue weighted by Crippen LogP contribution is -2.42. The molecule has 2 amide bonds. The third-order valence-corrected chi connectivity index (χ3v) is 3.36. The maximum atomic E-state index is 12.9. The number of ether oxygens (including phenoxy) is 1. The van der Waals surface area contributed by atoms with Gasteiger partial charge >= 0.3 is 12.3 Å². The number of alkyl halides is 3. The highest BCUT2D eigenvalue weighted by molar-refractivity contribution is 6.03. The summed E-state index contributed by atoms with van der Waals surface area (Å²) in [6.45, 7) is 5.95. The number of carbonyl (C=O) groups is 2. The molecule has 1 aromatic carbocycles. The van der Waals surface area contributed by atoms with Crippen molar-refractivity contribution in [3.63, 3.8) is 0 Å². The van der Waals surface area contributed by atoms with E-state index in [1.807, 2.05) is 0 Å². The van der Waals surface area contributed by atoms with Crippen LogP contribution in [0.3, 0.4) is 0 Å². The molecule has 24 heavy (non-hydrogen) atoms. The Balaban J connectivity index is 2.32. The molecule has 0 saturated carbocycles. The molecule has 8 heteroatoms. The number of carbonyl (C=O) groups excluding carboxylic acids is 2. The average molecular weight is 344 g/mol. The van der Waals surface area contributed by atoms with E-state index < -0.39 is 29.3 Å². The van der Waals surface area contributed by atoms with Crippen molar-refractivity contribution in [2.75, 3.05) is 18.4 Å². The first-order valence-electron chi connectivity index (χ1n) is 7.48. The predicted octanol–water partition coefficient (Wildman–Crippen LogP) is 3.90. The zero-order chi connectivity index (χ0) is 18.1. The Bertz CT molecular complexity index is 647. The van der Waals surface area contributed by atoms with Gasteiger partial charge in [0.2, 0.25) is 0 Å². The first-order chi connectivity index (χ1) is 11.0. The molecule has 0 atom stereocenters. The number of benzene rings is 1. The zero-order valence-corrected chi connectivity index (χ0v) is 13.7.